The van der Waals surface area contributed by atoms with Crippen LogP contribution in [0.1, 0.15) is 5.76 Å². The van der Waals surface area contributed by atoms with E-state index >= 15 is 0 Å². The van der Waals surface area contributed by atoms with Gasteiger partial charge >= 0.3 is 0 Å². The first kappa shape index (κ1) is 6.58. The van der Waals surface area contributed by atoms with Crippen LogP contribution in [-0.2, 0) is 0 Å². The second-order valence-corrected chi connectivity index (χ2v) is 2.40. The van der Waals surface area contributed by atoms with Crippen LogP contribution in [0.4, 0.5) is 0 Å². The molecule has 0 aliphatic rings. The van der Waals surface area contributed by atoms with E-state index in [9.17, 15) is 0 Å². The van der Waals surface area contributed by atoms with Crippen molar-refractivity contribution < 1.29 is 9.52 Å². The fourth-order valence-electron chi connectivity index (χ4n) is 0.516. The van der Waals surface area contributed by atoms with Crippen molar-refractivity contribution in [1.29, 1.82) is 0 Å². The molecule has 0 fully saturated rings. The largest absolute Gasteiger partial charge is 0.462 e. The Hall–Kier alpha value is -0.540. The van der Waals surface area contributed by atoms with Crippen LogP contribution in [0.3, 0.4) is 0 Å². The molecule has 0 atom stereocenters. The highest BCUT2D eigenvalue weighted by Crippen LogP contribution is 2.01. The third kappa shape index (κ3) is 1.43. The van der Waals surface area contributed by atoms with Crippen LogP contribution in [-0.4, -0.2) is 16.4 Å². The lowest BCUT2D eigenvalue weighted by Gasteiger charge is -1.88. The number of rotatable bonds is 1. The Labute approximate surface area is 57.1 Å². The number of aliphatic hydroxyl groups excluding tert-OH is 1. The highest BCUT2D eigenvalue weighted by Gasteiger charge is 1.96. The first-order chi connectivity index (χ1) is 4.34. The monoisotopic (exact) mass is 144 g/mol. The van der Waals surface area contributed by atoms with E-state index in [1.807, 2.05) is 6.26 Å². The molecule has 1 N–H and O–H groups in total. The third-order valence-corrected chi connectivity index (χ3v) is 1.60. The van der Waals surface area contributed by atoms with Crippen LogP contribution in [0.25, 0.3) is 0 Å². The van der Waals surface area contributed by atoms with Gasteiger partial charge in [-0.2, -0.15) is 11.4 Å². The minimum absolute atomic E-state index is 0.278. The Kier molecular flexibility index (Phi) is 2.08. The van der Waals surface area contributed by atoms with Crippen LogP contribution in [0.15, 0.2) is 22.8 Å². The summed E-state index contributed by atoms with van der Waals surface area (Å²) >= 11 is 0.833. The summed E-state index contributed by atoms with van der Waals surface area (Å²) in [6.07, 6.45) is 3.38. The maximum absolute atomic E-state index is 9.03. The lowest BCUT2D eigenvalue weighted by Crippen LogP contribution is -1.91. The fraction of sp³-hybridized carbons (Fsp3) is 0.167. The highest BCUT2D eigenvalue weighted by molar-refractivity contribution is 7.98. The van der Waals surface area contributed by atoms with E-state index in [-0.39, 0.29) is 5.05 Å². The SMILES string of the molecule is C[SH]=C(O)c1ccco1. The first-order valence-corrected chi connectivity index (χ1v) is 3.88. The molecule has 0 aliphatic heterocycles. The summed E-state index contributed by atoms with van der Waals surface area (Å²) in [4.78, 5) is 0. The van der Waals surface area contributed by atoms with Gasteiger partial charge in [-0.05, 0) is 18.4 Å². The Bertz CT molecular complexity index is 201. The van der Waals surface area contributed by atoms with E-state index in [0.717, 1.165) is 11.4 Å². The lowest BCUT2D eigenvalue weighted by molar-refractivity contribution is 0.504. The van der Waals surface area contributed by atoms with Crippen molar-refractivity contribution in [2.24, 2.45) is 0 Å². The normalized spacial score (nSPS) is 12.9. The Morgan fingerprint density at radius 1 is 1.78 bits per heavy atom. The second kappa shape index (κ2) is 2.85. The van der Waals surface area contributed by atoms with E-state index in [1.54, 1.807) is 12.1 Å². The molecule has 0 aliphatic carbocycles. The molecule has 1 aromatic rings. The summed E-state index contributed by atoms with van der Waals surface area (Å²) in [7, 11) is 0. The number of hydrogen-bond acceptors (Lipinski definition) is 1. The summed E-state index contributed by atoms with van der Waals surface area (Å²) in [5.74, 6) is 0.555. The molecule has 0 saturated carbocycles. The van der Waals surface area contributed by atoms with Crippen molar-refractivity contribution in [1.82, 2.24) is 0 Å². The van der Waals surface area contributed by atoms with Gasteiger partial charge in [-0.3, -0.25) is 0 Å². The van der Waals surface area contributed by atoms with Gasteiger partial charge in [0.1, 0.15) is 5.05 Å². The van der Waals surface area contributed by atoms with E-state index < -0.39 is 0 Å². The van der Waals surface area contributed by atoms with Crippen LogP contribution in [0.2, 0.25) is 0 Å². The Morgan fingerprint density at radius 2 is 2.56 bits per heavy atom. The average Bonchev–Trinajstić information content (AvgIpc) is 2.37. The molecule has 0 bridgehead atoms. The quantitative estimate of drug-likeness (QED) is 0.461. The van der Waals surface area contributed by atoms with E-state index in [1.165, 1.54) is 6.26 Å². The number of aliphatic hydroxyl groups is 1. The minimum Gasteiger partial charge on any atom is -0.462 e. The summed E-state index contributed by atoms with van der Waals surface area (Å²) in [6, 6.07) is 3.47. The average molecular weight is 144 g/mol. The molecule has 9 heavy (non-hydrogen) atoms. The van der Waals surface area contributed by atoms with Crippen LogP contribution in [0, 0.1) is 0 Å². The zero-order valence-corrected chi connectivity index (χ0v) is 5.93. The highest BCUT2D eigenvalue weighted by atomic mass is 32.1. The van der Waals surface area contributed by atoms with Gasteiger partial charge in [-0.1, -0.05) is 0 Å². The number of furan rings is 1. The molecule has 3 heteroatoms. The predicted octanol–water partition coefficient (Wildman–Crippen LogP) is 1.41. The van der Waals surface area contributed by atoms with Crippen LogP contribution in [0.5, 0.6) is 0 Å². The van der Waals surface area contributed by atoms with Crippen molar-refractivity contribution in [3.8, 4) is 0 Å². The molecule has 0 amide bonds. The van der Waals surface area contributed by atoms with Crippen LogP contribution >= 0.6 is 11.4 Å². The number of thiol groups is 1. The van der Waals surface area contributed by atoms with Gasteiger partial charge < -0.3 is 9.52 Å². The topological polar surface area (TPSA) is 33.4 Å². The Morgan fingerprint density at radius 3 is 3.00 bits per heavy atom. The van der Waals surface area contributed by atoms with Gasteiger partial charge in [0, 0.05) is 0 Å². The Balaban J connectivity index is 2.90. The summed E-state index contributed by atoms with van der Waals surface area (Å²) < 4.78 is 4.89. The van der Waals surface area contributed by atoms with Gasteiger partial charge in [0.25, 0.3) is 0 Å². The predicted molar refractivity (Wildman–Crippen MR) is 40.4 cm³/mol. The maximum atomic E-state index is 9.03. The van der Waals surface area contributed by atoms with Crippen molar-refractivity contribution in [2.75, 3.05) is 6.26 Å². The second-order valence-electron chi connectivity index (χ2n) is 1.52. The summed E-state index contributed by atoms with van der Waals surface area (Å²) in [5.41, 5.74) is 0. The molecule has 1 heterocycles. The fourth-order valence-corrected chi connectivity index (χ4v) is 0.864. The van der Waals surface area contributed by atoms with Crippen molar-refractivity contribution in [2.45, 2.75) is 0 Å². The van der Waals surface area contributed by atoms with Gasteiger partial charge in [-0.25, -0.2) is 0 Å². The van der Waals surface area contributed by atoms with E-state index in [4.69, 9.17) is 9.52 Å². The lowest BCUT2D eigenvalue weighted by atomic mass is 10.5. The molecule has 1 aromatic heterocycles. The molecular formula is C6H8O2S. The molecule has 0 aromatic carbocycles. The molecular weight excluding hydrogens is 136 g/mol. The molecule has 0 spiro atoms. The maximum Gasteiger partial charge on any atom is 0.162 e. The number of hydrogen-bond donors (Lipinski definition) is 2. The van der Waals surface area contributed by atoms with E-state index in [2.05, 4.69) is 0 Å². The van der Waals surface area contributed by atoms with Crippen molar-refractivity contribution in [3.63, 3.8) is 0 Å². The minimum atomic E-state index is 0.278. The molecule has 2 nitrogen and oxygen atoms in total. The summed E-state index contributed by atoms with van der Waals surface area (Å²) in [6.45, 7) is 0. The van der Waals surface area contributed by atoms with Gasteiger partial charge in [0.2, 0.25) is 0 Å². The molecule has 0 unspecified atom stereocenters. The smallest absolute Gasteiger partial charge is 0.162 e. The summed E-state index contributed by atoms with van der Waals surface area (Å²) in [5, 5.41) is 9.31. The zero-order chi connectivity index (χ0) is 6.69. The molecule has 50 valence electrons. The molecule has 0 radical (unpaired) electrons. The van der Waals surface area contributed by atoms with Gasteiger partial charge in [0.15, 0.2) is 5.76 Å². The van der Waals surface area contributed by atoms with Crippen molar-refractivity contribution >= 4 is 16.4 Å². The van der Waals surface area contributed by atoms with Crippen LogP contribution < -0.4 is 0 Å². The van der Waals surface area contributed by atoms with Crippen molar-refractivity contribution in [3.05, 3.63) is 24.2 Å². The standard InChI is InChI=1S/C6H8O2S/c1-9-6(7)5-3-2-4-8-5/h2-4,7,9H,1H3. The third-order valence-electron chi connectivity index (χ3n) is 0.953. The van der Waals surface area contributed by atoms with E-state index in [0.29, 0.717) is 5.76 Å². The molecule has 0 saturated heterocycles. The first-order valence-electron chi connectivity index (χ1n) is 2.54. The zero-order valence-electron chi connectivity index (χ0n) is 5.03. The molecule has 1 rings (SSSR count). The van der Waals surface area contributed by atoms with Gasteiger partial charge in [0.05, 0.1) is 6.26 Å². The van der Waals surface area contributed by atoms with Gasteiger partial charge in [-0.15, -0.1) is 0 Å².